The van der Waals surface area contributed by atoms with Gasteiger partial charge in [0.15, 0.2) is 0 Å². The van der Waals surface area contributed by atoms with Gasteiger partial charge in [-0.3, -0.25) is 0 Å². The highest BCUT2D eigenvalue weighted by Crippen LogP contribution is 2.47. The molecule has 0 aromatic heterocycles. The van der Waals surface area contributed by atoms with Crippen molar-refractivity contribution in [3.63, 3.8) is 0 Å². The van der Waals surface area contributed by atoms with Crippen molar-refractivity contribution in [2.45, 2.75) is 28.7 Å². The van der Waals surface area contributed by atoms with Crippen molar-refractivity contribution >= 4 is 21.2 Å². The minimum Gasteiger partial charge on any atom is -0.387 e. The Labute approximate surface area is 154 Å². The predicted octanol–water partition coefficient (Wildman–Crippen LogP) is 2.83. The number of benzene rings is 2. The number of nitrogens with one attached hydrogen (secondary N) is 1. The Balaban J connectivity index is 1.63. The number of hydrogen-bond acceptors (Lipinski definition) is 5. The number of sulfone groups is 1. The molecule has 3 saturated heterocycles. The summed E-state index contributed by atoms with van der Waals surface area (Å²) in [5.41, 5.74) is 3.34. The van der Waals surface area contributed by atoms with E-state index in [0.717, 1.165) is 55.8 Å². The summed E-state index contributed by atoms with van der Waals surface area (Å²) in [6.07, 6.45) is 2.32. The van der Waals surface area contributed by atoms with Crippen LogP contribution >= 0.6 is 0 Å². The van der Waals surface area contributed by atoms with Crippen LogP contribution in [0.2, 0.25) is 0 Å². The van der Waals surface area contributed by atoms with E-state index >= 15 is 0 Å². The molecule has 3 fully saturated rings. The molecule has 0 saturated carbocycles. The molecule has 4 aliphatic rings. The van der Waals surface area contributed by atoms with Gasteiger partial charge in [0.25, 0.3) is 0 Å². The predicted molar refractivity (Wildman–Crippen MR) is 104 cm³/mol. The Bertz CT molecular complexity index is 979. The molecule has 6 rings (SSSR count). The Morgan fingerprint density at radius 2 is 1.81 bits per heavy atom. The zero-order valence-corrected chi connectivity index (χ0v) is 15.7. The second kappa shape index (κ2) is 5.72. The summed E-state index contributed by atoms with van der Waals surface area (Å²) in [5.74, 6) is 0. The van der Waals surface area contributed by atoms with Gasteiger partial charge in [0, 0.05) is 56.1 Å². The summed E-state index contributed by atoms with van der Waals surface area (Å²) in [5, 5.41) is 3.03. The summed E-state index contributed by atoms with van der Waals surface area (Å²) >= 11 is 0. The Morgan fingerprint density at radius 3 is 2.58 bits per heavy atom. The quantitative estimate of drug-likeness (QED) is 0.754. The Kier molecular flexibility index (Phi) is 3.56. The van der Waals surface area contributed by atoms with E-state index in [0.29, 0.717) is 21.5 Å². The van der Waals surface area contributed by atoms with Gasteiger partial charge in [0.05, 0.1) is 10.6 Å². The third kappa shape index (κ3) is 2.21. The maximum atomic E-state index is 13.3. The van der Waals surface area contributed by atoms with Crippen molar-refractivity contribution < 1.29 is 8.42 Å². The molecule has 2 aromatic carbocycles. The van der Waals surface area contributed by atoms with Gasteiger partial charge >= 0.3 is 0 Å². The molecule has 0 radical (unpaired) electrons. The van der Waals surface area contributed by atoms with E-state index in [9.17, 15) is 8.42 Å². The third-order valence-electron chi connectivity index (χ3n) is 6.08. The molecule has 0 atom stereocenters. The number of nitrogens with zero attached hydrogens (tertiary/aromatic N) is 2. The van der Waals surface area contributed by atoms with E-state index in [-0.39, 0.29) is 0 Å². The van der Waals surface area contributed by atoms with E-state index in [2.05, 4.69) is 21.2 Å². The van der Waals surface area contributed by atoms with Gasteiger partial charge in [0.1, 0.15) is 4.90 Å². The Hall–Kier alpha value is -2.05. The maximum Gasteiger partial charge on any atom is 0.209 e. The summed E-state index contributed by atoms with van der Waals surface area (Å²) in [6, 6.07) is 12.1. The van der Waals surface area contributed by atoms with Crippen molar-refractivity contribution in [2.75, 3.05) is 43.4 Å². The smallest absolute Gasteiger partial charge is 0.209 e. The van der Waals surface area contributed by atoms with Crippen LogP contribution in [0.5, 0.6) is 0 Å². The van der Waals surface area contributed by atoms with Crippen LogP contribution in [0.15, 0.2) is 46.2 Å². The molecule has 4 aliphatic heterocycles. The average Bonchev–Trinajstić information content (AvgIpc) is 2.88. The first-order chi connectivity index (χ1) is 12.6. The van der Waals surface area contributed by atoms with Gasteiger partial charge in [0.2, 0.25) is 9.84 Å². The molecular formula is C20H23N3O2S. The fraction of sp³-hybridized carbons (Fsp3) is 0.400. The first-order valence-corrected chi connectivity index (χ1v) is 10.8. The molecular weight excluding hydrogens is 345 g/mol. The molecule has 5 nitrogen and oxygen atoms in total. The van der Waals surface area contributed by atoms with E-state index < -0.39 is 9.84 Å². The molecule has 0 aliphatic carbocycles. The lowest BCUT2D eigenvalue weighted by atomic mass is 10.0. The van der Waals surface area contributed by atoms with E-state index in [1.54, 1.807) is 7.05 Å². The maximum absolute atomic E-state index is 13.3. The number of hydrogen-bond donors (Lipinski definition) is 1. The fourth-order valence-electron chi connectivity index (χ4n) is 4.71. The van der Waals surface area contributed by atoms with Crippen LogP contribution in [0.3, 0.4) is 0 Å². The monoisotopic (exact) mass is 368 g/mol. The van der Waals surface area contributed by atoms with Crippen LogP contribution in [0.1, 0.15) is 12.8 Å². The van der Waals surface area contributed by atoms with Crippen LogP contribution < -0.4 is 10.2 Å². The SMILES string of the molecule is [11CH3]Nc1cccc2c1S(=O)(=O)c1cc(N3CCN4CCC3CC4)ccc1-2. The number of rotatable bonds is 2. The Morgan fingerprint density at radius 1 is 1.00 bits per heavy atom. The van der Waals surface area contributed by atoms with Crippen molar-refractivity contribution in [1.29, 1.82) is 0 Å². The number of piperidine rings is 1. The zero-order valence-electron chi connectivity index (χ0n) is 14.9. The molecule has 136 valence electrons. The van der Waals surface area contributed by atoms with Gasteiger partial charge in [-0.15, -0.1) is 0 Å². The van der Waals surface area contributed by atoms with Crippen LogP contribution in [-0.2, 0) is 9.84 Å². The highest BCUT2D eigenvalue weighted by Gasteiger charge is 2.36. The minimum absolute atomic E-state index is 0.414. The second-order valence-electron chi connectivity index (χ2n) is 7.38. The van der Waals surface area contributed by atoms with Gasteiger partial charge in [-0.25, -0.2) is 8.42 Å². The van der Waals surface area contributed by atoms with Crippen molar-refractivity contribution in [1.82, 2.24) is 4.90 Å². The topological polar surface area (TPSA) is 52.7 Å². The summed E-state index contributed by atoms with van der Waals surface area (Å²) < 4.78 is 26.5. The molecule has 2 bridgehead atoms. The molecule has 0 spiro atoms. The van der Waals surface area contributed by atoms with E-state index in [4.69, 9.17) is 0 Å². The van der Waals surface area contributed by atoms with Crippen LogP contribution in [-0.4, -0.2) is 52.6 Å². The average molecular weight is 368 g/mol. The molecule has 4 heterocycles. The number of anilines is 2. The third-order valence-corrected chi connectivity index (χ3v) is 7.98. The molecule has 0 amide bonds. The van der Waals surface area contributed by atoms with Crippen molar-refractivity contribution in [2.24, 2.45) is 0 Å². The molecule has 1 N–H and O–H groups in total. The van der Waals surface area contributed by atoms with E-state index in [1.807, 2.05) is 30.3 Å². The summed E-state index contributed by atoms with van der Waals surface area (Å²) in [7, 11) is -1.72. The molecule has 6 heteroatoms. The second-order valence-corrected chi connectivity index (χ2v) is 9.24. The number of fused-ring (bicyclic) bond motifs is 7. The van der Waals surface area contributed by atoms with Gasteiger partial charge in [-0.05, 0) is 31.0 Å². The van der Waals surface area contributed by atoms with Crippen molar-refractivity contribution in [3.05, 3.63) is 36.4 Å². The highest BCUT2D eigenvalue weighted by molar-refractivity contribution is 7.92. The van der Waals surface area contributed by atoms with Gasteiger partial charge < -0.3 is 15.1 Å². The standard InChI is InChI=1S/C20H23N3O2S/c1-21-18-4-2-3-17-16-6-5-15(13-19(16)26(24,25)20(17)18)23-12-11-22-9-7-14(23)8-10-22/h2-6,13-14,21H,7-12H2,1H3/i1-1. The lowest BCUT2D eigenvalue weighted by molar-refractivity contribution is 0.250. The first-order valence-electron chi connectivity index (χ1n) is 9.29. The van der Waals surface area contributed by atoms with Crippen LogP contribution in [0, 0.1) is 0 Å². The normalized spacial score (nSPS) is 25.5. The zero-order chi connectivity index (χ0) is 17.9. The van der Waals surface area contributed by atoms with E-state index in [1.165, 1.54) is 0 Å². The largest absolute Gasteiger partial charge is 0.387 e. The fourth-order valence-corrected chi connectivity index (χ4v) is 6.60. The minimum atomic E-state index is -3.49. The molecule has 26 heavy (non-hydrogen) atoms. The molecule has 0 unspecified atom stereocenters. The summed E-state index contributed by atoms with van der Waals surface area (Å²) in [6.45, 7) is 4.34. The lowest BCUT2D eigenvalue weighted by Gasteiger charge is -2.33. The summed E-state index contributed by atoms with van der Waals surface area (Å²) in [4.78, 5) is 5.80. The highest BCUT2D eigenvalue weighted by atomic mass is 32.2. The first kappa shape index (κ1) is 16.1. The van der Waals surface area contributed by atoms with Gasteiger partial charge in [-0.1, -0.05) is 18.2 Å². The lowest BCUT2D eigenvalue weighted by Crippen LogP contribution is -2.37. The van der Waals surface area contributed by atoms with Gasteiger partial charge in [-0.2, -0.15) is 0 Å². The molecule has 2 aromatic rings. The van der Waals surface area contributed by atoms with Crippen LogP contribution in [0.25, 0.3) is 11.1 Å². The van der Waals surface area contributed by atoms with Crippen molar-refractivity contribution in [3.8, 4) is 11.1 Å². The van der Waals surface area contributed by atoms with Crippen LogP contribution in [0.4, 0.5) is 11.4 Å².